The zero-order valence-corrected chi connectivity index (χ0v) is 12.4. The molecule has 116 valence electrons. The molecule has 23 heavy (non-hydrogen) atoms. The molecular formula is C16H14N4O3. The Balaban J connectivity index is 2.08. The van der Waals surface area contributed by atoms with E-state index in [2.05, 4.69) is 10.1 Å². The summed E-state index contributed by atoms with van der Waals surface area (Å²) in [5.74, 6) is -0.735. The molecule has 0 atom stereocenters. The Morgan fingerprint density at radius 1 is 1.26 bits per heavy atom. The Bertz CT molecular complexity index is 913. The maximum atomic E-state index is 12.5. The number of carboxylic acid groups (broad SMARTS) is 1. The summed E-state index contributed by atoms with van der Waals surface area (Å²) in [7, 11) is 0. The van der Waals surface area contributed by atoms with Gasteiger partial charge in [-0.2, -0.15) is 5.10 Å². The third kappa shape index (κ3) is 2.76. The van der Waals surface area contributed by atoms with Gasteiger partial charge in [-0.15, -0.1) is 0 Å². The van der Waals surface area contributed by atoms with Gasteiger partial charge >= 0.3 is 5.97 Å². The second-order valence-corrected chi connectivity index (χ2v) is 5.06. The van der Waals surface area contributed by atoms with E-state index in [1.807, 2.05) is 12.1 Å². The first kappa shape index (κ1) is 14.7. The van der Waals surface area contributed by atoms with Crippen molar-refractivity contribution >= 4 is 5.97 Å². The first-order valence-electron chi connectivity index (χ1n) is 6.94. The quantitative estimate of drug-likeness (QED) is 0.788. The monoisotopic (exact) mass is 310 g/mol. The summed E-state index contributed by atoms with van der Waals surface area (Å²) in [5, 5.41) is 13.4. The zero-order valence-electron chi connectivity index (χ0n) is 12.4. The van der Waals surface area contributed by atoms with Crippen LogP contribution in [-0.4, -0.2) is 30.4 Å². The number of rotatable bonds is 4. The van der Waals surface area contributed by atoms with Crippen molar-refractivity contribution in [2.75, 3.05) is 0 Å². The molecule has 0 aliphatic carbocycles. The molecule has 0 spiro atoms. The predicted octanol–water partition coefficient (Wildman–Crippen LogP) is 1.48. The molecule has 0 saturated heterocycles. The minimum absolute atomic E-state index is 0.235. The average molecular weight is 310 g/mol. The molecule has 0 unspecified atom stereocenters. The molecule has 0 aromatic carbocycles. The van der Waals surface area contributed by atoms with Crippen molar-refractivity contribution in [1.82, 2.24) is 19.3 Å². The molecular weight excluding hydrogens is 296 g/mol. The van der Waals surface area contributed by atoms with E-state index >= 15 is 0 Å². The van der Waals surface area contributed by atoms with E-state index in [1.54, 1.807) is 48.5 Å². The Hall–Kier alpha value is -3.22. The standard InChI is InChI=1S/C16H14N4O3/c1-11-5-8-19(15(21)14(11)16(22)23)13-4-7-18-20(13)10-12-3-2-6-17-9-12/h2-9H,10H2,1H3,(H,22,23). The molecule has 0 fully saturated rings. The van der Waals surface area contributed by atoms with E-state index in [0.29, 0.717) is 17.9 Å². The SMILES string of the molecule is Cc1ccn(-c2ccnn2Cc2cccnc2)c(=O)c1C(=O)O. The molecule has 7 nitrogen and oxygen atoms in total. The van der Waals surface area contributed by atoms with Gasteiger partial charge in [0.15, 0.2) is 0 Å². The number of aromatic carboxylic acids is 1. The van der Waals surface area contributed by atoms with E-state index < -0.39 is 11.5 Å². The van der Waals surface area contributed by atoms with Crippen LogP contribution in [0.3, 0.4) is 0 Å². The van der Waals surface area contributed by atoms with Crippen LogP contribution in [0.5, 0.6) is 0 Å². The molecule has 3 heterocycles. The van der Waals surface area contributed by atoms with Gasteiger partial charge in [-0.05, 0) is 30.2 Å². The van der Waals surface area contributed by atoms with Crippen molar-refractivity contribution < 1.29 is 9.90 Å². The van der Waals surface area contributed by atoms with Gasteiger partial charge in [0.2, 0.25) is 0 Å². The third-order valence-corrected chi connectivity index (χ3v) is 3.51. The molecule has 1 N–H and O–H groups in total. The first-order valence-corrected chi connectivity index (χ1v) is 6.94. The predicted molar refractivity (Wildman–Crippen MR) is 82.9 cm³/mol. The van der Waals surface area contributed by atoms with Crippen LogP contribution in [0.4, 0.5) is 0 Å². The number of carbonyl (C=O) groups is 1. The first-order chi connectivity index (χ1) is 11.1. The van der Waals surface area contributed by atoms with Gasteiger partial charge in [0.25, 0.3) is 5.56 Å². The molecule has 0 amide bonds. The highest BCUT2D eigenvalue weighted by Crippen LogP contribution is 2.10. The van der Waals surface area contributed by atoms with Crippen molar-refractivity contribution in [1.29, 1.82) is 0 Å². The Morgan fingerprint density at radius 3 is 2.78 bits per heavy atom. The van der Waals surface area contributed by atoms with E-state index in [0.717, 1.165) is 5.56 Å². The lowest BCUT2D eigenvalue weighted by Gasteiger charge is -2.11. The highest BCUT2D eigenvalue weighted by atomic mass is 16.4. The van der Waals surface area contributed by atoms with Crippen molar-refractivity contribution in [3.63, 3.8) is 0 Å². The highest BCUT2D eigenvalue weighted by Gasteiger charge is 2.16. The van der Waals surface area contributed by atoms with Crippen LogP contribution >= 0.6 is 0 Å². The van der Waals surface area contributed by atoms with Crippen molar-refractivity contribution in [2.24, 2.45) is 0 Å². The minimum Gasteiger partial charge on any atom is -0.477 e. The number of carboxylic acids is 1. The molecule has 3 aromatic heterocycles. The van der Waals surface area contributed by atoms with Crippen LogP contribution in [0.2, 0.25) is 0 Å². The largest absolute Gasteiger partial charge is 0.477 e. The fraction of sp³-hybridized carbons (Fsp3) is 0.125. The van der Waals surface area contributed by atoms with Gasteiger partial charge in [-0.25, -0.2) is 9.48 Å². The fourth-order valence-corrected chi connectivity index (χ4v) is 2.38. The Kier molecular flexibility index (Phi) is 3.76. The topological polar surface area (TPSA) is 90.0 Å². The molecule has 0 saturated carbocycles. The lowest BCUT2D eigenvalue weighted by Crippen LogP contribution is -2.27. The maximum Gasteiger partial charge on any atom is 0.341 e. The fourth-order valence-electron chi connectivity index (χ4n) is 2.38. The third-order valence-electron chi connectivity index (χ3n) is 3.51. The summed E-state index contributed by atoms with van der Waals surface area (Å²) in [6, 6.07) is 6.99. The van der Waals surface area contributed by atoms with Gasteiger partial charge in [-0.3, -0.25) is 14.3 Å². The molecule has 0 aliphatic heterocycles. The number of aromatic nitrogens is 4. The van der Waals surface area contributed by atoms with Crippen LogP contribution in [0, 0.1) is 6.92 Å². The van der Waals surface area contributed by atoms with Crippen molar-refractivity contribution in [3.05, 3.63) is 76.1 Å². The molecule has 3 rings (SSSR count). The number of aryl methyl sites for hydroxylation is 1. The summed E-state index contributed by atoms with van der Waals surface area (Å²) in [6.07, 6.45) is 6.52. The number of hydrogen-bond donors (Lipinski definition) is 1. The molecule has 0 bridgehead atoms. The maximum absolute atomic E-state index is 12.5. The molecule has 0 radical (unpaired) electrons. The minimum atomic E-state index is -1.24. The van der Waals surface area contributed by atoms with E-state index in [4.69, 9.17) is 0 Å². The molecule has 7 heteroatoms. The van der Waals surface area contributed by atoms with E-state index in [1.165, 1.54) is 4.57 Å². The Labute approximate surface area is 131 Å². The van der Waals surface area contributed by atoms with Crippen LogP contribution in [0.15, 0.2) is 53.8 Å². The lowest BCUT2D eigenvalue weighted by atomic mass is 10.1. The van der Waals surface area contributed by atoms with Crippen molar-refractivity contribution in [2.45, 2.75) is 13.5 Å². The summed E-state index contributed by atoms with van der Waals surface area (Å²) in [6.45, 7) is 2.03. The zero-order chi connectivity index (χ0) is 16.4. The van der Waals surface area contributed by atoms with Crippen molar-refractivity contribution in [3.8, 4) is 5.82 Å². The van der Waals surface area contributed by atoms with E-state index in [9.17, 15) is 14.7 Å². The second-order valence-electron chi connectivity index (χ2n) is 5.06. The average Bonchev–Trinajstić information content (AvgIpc) is 2.96. The van der Waals surface area contributed by atoms with Crippen LogP contribution in [-0.2, 0) is 6.54 Å². The number of pyridine rings is 2. The summed E-state index contributed by atoms with van der Waals surface area (Å²) in [5.41, 5.74) is 0.542. The number of nitrogens with zero attached hydrogens (tertiary/aromatic N) is 4. The summed E-state index contributed by atoms with van der Waals surface area (Å²) >= 11 is 0. The van der Waals surface area contributed by atoms with Gasteiger partial charge in [0.1, 0.15) is 11.4 Å². The lowest BCUT2D eigenvalue weighted by molar-refractivity contribution is 0.0693. The highest BCUT2D eigenvalue weighted by molar-refractivity contribution is 5.88. The summed E-state index contributed by atoms with van der Waals surface area (Å²) < 4.78 is 2.92. The molecule has 0 aliphatic rings. The molecule has 3 aromatic rings. The summed E-state index contributed by atoms with van der Waals surface area (Å²) in [4.78, 5) is 27.8. The normalized spacial score (nSPS) is 10.7. The van der Waals surface area contributed by atoms with Gasteiger partial charge < -0.3 is 5.11 Å². The van der Waals surface area contributed by atoms with Gasteiger partial charge in [0.05, 0.1) is 12.7 Å². The van der Waals surface area contributed by atoms with Crippen LogP contribution in [0.1, 0.15) is 21.5 Å². The van der Waals surface area contributed by atoms with E-state index in [-0.39, 0.29) is 5.56 Å². The van der Waals surface area contributed by atoms with Crippen LogP contribution < -0.4 is 5.56 Å². The number of hydrogen-bond acceptors (Lipinski definition) is 4. The second kappa shape index (κ2) is 5.88. The smallest absolute Gasteiger partial charge is 0.341 e. The Morgan fingerprint density at radius 2 is 2.09 bits per heavy atom. The van der Waals surface area contributed by atoms with Gasteiger partial charge in [0, 0.05) is 24.7 Å². The van der Waals surface area contributed by atoms with Crippen LogP contribution in [0.25, 0.3) is 5.82 Å². The van der Waals surface area contributed by atoms with Gasteiger partial charge in [-0.1, -0.05) is 6.07 Å².